The molecule has 3 heterocycles. The second-order valence-corrected chi connectivity index (χ2v) is 5.87. The molecule has 15 heavy (non-hydrogen) atoms. The standard InChI is InChI=1S/C10H10BrN3S/c11-6-4-7-9(12-5-6)14-10(13-7)8-2-1-3-15-8/h4-5,8H,1-3H2,(H,12,13,14). The minimum Gasteiger partial charge on any atom is -0.340 e. The topological polar surface area (TPSA) is 41.6 Å². The molecule has 3 rings (SSSR count). The van der Waals surface area contributed by atoms with Gasteiger partial charge in [0, 0.05) is 10.7 Å². The van der Waals surface area contributed by atoms with E-state index in [0.717, 1.165) is 21.5 Å². The normalized spacial score (nSPS) is 21.3. The highest BCUT2D eigenvalue weighted by Crippen LogP contribution is 2.38. The third kappa shape index (κ3) is 1.78. The van der Waals surface area contributed by atoms with Crippen molar-refractivity contribution in [2.24, 2.45) is 0 Å². The molecular weight excluding hydrogens is 274 g/mol. The highest BCUT2D eigenvalue weighted by molar-refractivity contribution is 9.10. The van der Waals surface area contributed by atoms with Gasteiger partial charge in [0.25, 0.3) is 0 Å². The molecule has 78 valence electrons. The van der Waals surface area contributed by atoms with Gasteiger partial charge in [-0.15, -0.1) is 0 Å². The van der Waals surface area contributed by atoms with E-state index in [9.17, 15) is 0 Å². The van der Waals surface area contributed by atoms with Gasteiger partial charge in [-0.1, -0.05) is 0 Å². The summed E-state index contributed by atoms with van der Waals surface area (Å²) in [5.74, 6) is 2.33. The summed E-state index contributed by atoms with van der Waals surface area (Å²) in [6.07, 6.45) is 4.31. The van der Waals surface area contributed by atoms with Crippen LogP contribution in [0.4, 0.5) is 0 Å². The quantitative estimate of drug-likeness (QED) is 0.873. The highest BCUT2D eigenvalue weighted by atomic mass is 79.9. The summed E-state index contributed by atoms with van der Waals surface area (Å²) in [7, 11) is 0. The van der Waals surface area contributed by atoms with E-state index in [1.54, 1.807) is 6.20 Å². The van der Waals surface area contributed by atoms with Gasteiger partial charge < -0.3 is 4.98 Å². The molecule has 3 nitrogen and oxygen atoms in total. The van der Waals surface area contributed by atoms with E-state index in [-0.39, 0.29) is 0 Å². The van der Waals surface area contributed by atoms with Gasteiger partial charge in [-0.05, 0) is 40.6 Å². The van der Waals surface area contributed by atoms with Crippen LogP contribution in [-0.2, 0) is 0 Å². The maximum absolute atomic E-state index is 4.53. The van der Waals surface area contributed by atoms with Gasteiger partial charge >= 0.3 is 0 Å². The Hall–Kier alpha value is -0.550. The van der Waals surface area contributed by atoms with Crippen LogP contribution in [0.5, 0.6) is 0 Å². The predicted molar refractivity (Wildman–Crippen MR) is 66.0 cm³/mol. The van der Waals surface area contributed by atoms with Crippen molar-refractivity contribution >= 4 is 38.9 Å². The van der Waals surface area contributed by atoms with Gasteiger partial charge in [0.2, 0.25) is 0 Å². The molecule has 0 bridgehead atoms. The van der Waals surface area contributed by atoms with Crippen LogP contribution in [0.15, 0.2) is 16.7 Å². The number of rotatable bonds is 1. The third-order valence-electron chi connectivity index (χ3n) is 2.56. The summed E-state index contributed by atoms with van der Waals surface area (Å²) in [5.41, 5.74) is 1.84. The fourth-order valence-corrected chi connectivity index (χ4v) is 3.39. The number of H-pyrrole nitrogens is 1. The first-order valence-electron chi connectivity index (χ1n) is 4.96. The first-order chi connectivity index (χ1) is 7.33. The van der Waals surface area contributed by atoms with E-state index in [1.165, 1.54) is 18.6 Å². The lowest BCUT2D eigenvalue weighted by molar-refractivity contribution is 0.792. The molecule has 1 saturated heterocycles. The van der Waals surface area contributed by atoms with E-state index >= 15 is 0 Å². The zero-order valence-electron chi connectivity index (χ0n) is 8.03. The Labute approximate surface area is 100 Å². The van der Waals surface area contributed by atoms with Crippen LogP contribution in [0.3, 0.4) is 0 Å². The molecule has 1 fully saturated rings. The number of hydrogen-bond acceptors (Lipinski definition) is 3. The molecule has 2 aromatic rings. The average Bonchev–Trinajstić information content (AvgIpc) is 2.84. The van der Waals surface area contributed by atoms with Crippen LogP contribution in [0.2, 0.25) is 0 Å². The Morgan fingerprint density at radius 1 is 1.53 bits per heavy atom. The van der Waals surface area contributed by atoms with Crippen molar-refractivity contribution in [3.8, 4) is 0 Å². The average molecular weight is 284 g/mol. The van der Waals surface area contributed by atoms with E-state index in [0.29, 0.717) is 5.25 Å². The van der Waals surface area contributed by atoms with Crippen molar-refractivity contribution in [2.75, 3.05) is 5.75 Å². The molecule has 0 aliphatic carbocycles. The van der Waals surface area contributed by atoms with Crippen LogP contribution >= 0.6 is 27.7 Å². The van der Waals surface area contributed by atoms with Crippen molar-refractivity contribution < 1.29 is 0 Å². The molecule has 2 aromatic heterocycles. The number of imidazole rings is 1. The number of fused-ring (bicyclic) bond motifs is 1. The van der Waals surface area contributed by atoms with Crippen LogP contribution < -0.4 is 0 Å². The number of halogens is 1. The smallest absolute Gasteiger partial charge is 0.177 e. The maximum Gasteiger partial charge on any atom is 0.177 e. The van der Waals surface area contributed by atoms with Gasteiger partial charge in [0.1, 0.15) is 5.82 Å². The number of aromatic amines is 1. The molecule has 1 aliphatic heterocycles. The van der Waals surface area contributed by atoms with Crippen LogP contribution in [0.1, 0.15) is 23.9 Å². The molecule has 1 N–H and O–H groups in total. The monoisotopic (exact) mass is 283 g/mol. The Morgan fingerprint density at radius 2 is 2.47 bits per heavy atom. The highest BCUT2D eigenvalue weighted by Gasteiger charge is 2.21. The van der Waals surface area contributed by atoms with Crippen molar-refractivity contribution in [3.63, 3.8) is 0 Å². The molecule has 0 aromatic carbocycles. The second kappa shape index (κ2) is 3.79. The van der Waals surface area contributed by atoms with Crippen LogP contribution in [-0.4, -0.2) is 20.7 Å². The van der Waals surface area contributed by atoms with Crippen molar-refractivity contribution in [1.82, 2.24) is 15.0 Å². The molecule has 1 atom stereocenters. The largest absolute Gasteiger partial charge is 0.340 e. The number of pyridine rings is 1. The number of nitrogens with one attached hydrogen (secondary N) is 1. The molecule has 0 spiro atoms. The summed E-state index contributed by atoms with van der Waals surface area (Å²) < 4.78 is 0.990. The molecular formula is C10H10BrN3S. The van der Waals surface area contributed by atoms with Crippen molar-refractivity contribution in [2.45, 2.75) is 18.1 Å². The fraction of sp³-hybridized carbons (Fsp3) is 0.400. The Morgan fingerprint density at radius 3 is 3.27 bits per heavy atom. The summed E-state index contributed by atoms with van der Waals surface area (Å²) >= 11 is 5.39. The minimum absolute atomic E-state index is 0.540. The van der Waals surface area contributed by atoms with E-state index in [1.807, 2.05) is 17.8 Å². The molecule has 1 aliphatic rings. The van der Waals surface area contributed by atoms with Gasteiger partial charge in [-0.25, -0.2) is 9.97 Å². The summed E-state index contributed by atoms with van der Waals surface area (Å²) in [6.45, 7) is 0. The van der Waals surface area contributed by atoms with E-state index < -0.39 is 0 Å². The lowest BCUT2D eigenvalue weighted by Gasteiger charge is -2.01. The zero-order chi connectivity index (χ0) is 10.3. The third-order valence-corrected chi connectivity index (χ3v) is 4.38. The Kier molecular flexibility index (Phi) is 2.44. The summed E-state index contributed by atoms with van der Waals surface area (Å²) in [4.78, 5) is 12.2. The van der Waals surface area contributed by atoms with Gasteiger partial charge in [-0.3, -0.25) is 0 Å². The predicted octanol–water partition coefficient (Wildman–Crippen LogP) is 3.29. The Balaban J connectivity index is 2.05. The van der Waals surface area contributed by atoms with Crippen molar-refractivity contribution in [3.05, 3.63) is 22.6 Å². The van der Waals surface area contributed by atoms with Gasteiger partial charge in [0.05, 0.1) is 10.8 Å². The first-order valence-corrected chi connectivity index (χ1v) is 6.80. The molecule has 5 heteroatoms. The van der Waals surface area contributed by atoms with E-state index in [4.69, 9.17) is 0 Å². The Bertz CT molecular complexity index is 490. The van der Waals surface area contributed by atoms with Gasteiger partial charge in [-0.2, -0.15) is 11.8 Å². The molecule has 0 saturated carbocycles. The number of thioether (sulfide) groups is 1. The number of aromatic nitrogens is 3. The summed E-state index contributed by atoms with van der Waals surface area (Å²) in [5, 5.41) is 0.540. The van der Waals surface area contributed by atoms with Gasteiger partial charge in [0.15, 0.2) is 5.65 Å². The number of nitrogens with zero attached hydrogens (tertiary/aromatic N) is 2. The minimum atomic E-state index is 0.540. The lowest BCUT2D eigenvalue weighted by Crippen LogP contribution is -1.90. The van der Waals surface area contributed by atoms with Crippen molar-refractivity contribution in [1.29, 1.82) is 0 Å². The fourth-order valence-electron chi connectivity index (χ4n) is 1.84. The lowest BCUT2D eigenvalue weighted by atomic mass is 10.2. The number of hydrogen-bond donors (Lipinski definition) is 1. The zero-order valence-corrected chi connectivity index (χ0v) is 10.4. The van der Waals surface area contributed by atoms with E-state index in [2.05, 4.69) is 30.9 Å². The summed E-state index contributed by atoms with van der Waals surface area (Å²) in [6, 6.07) is 2.03. The first kappa shape index (κ1) is 9.66. The van der Waals surface area contributed by atoms with Crippen LogP contribution in [0, 0.1) is 0 Å². The van der Waals surface area contributed by atoms with Crippen LogP contribution in [0.25, 0.3) is 11.2 Å². The molecule has 0 radical (unpaired) electrons. The molecule has 0 amide bonds. The SMILES string of the molecule is Brc1cnc2nc(C3CCCS3)[nH]c2c1. The maximum atomic E-state index is 4.53. The second-order valence-electron chi connectivity index (χ2n) is 3.65. The molecule has 1 unspecified atom stereocenters.